The molecule has 0 spiro atoms. The van der Waals surface area contributed by atoms with E-state index in [1.165, 1.54) is 0 Å². The second-order valence-electron chi connectivity index (χ2n) is 5.86. The van der Waals surface area contributed by atoms with Gasteiger partial charge in [-0.15, -0.1) is 0 Å². The molecule has 2 heterocycles. The summed E-state index contributed by atoms with van der Waals surface area (Å²) in [5, 5.41) is 3.23. The number of amidine groups is 1. The van der Waals surface area contributed by atoms with Crippen LogP contribution in [-0.2, 0) is 16.0 Å². The molecule has 24 heavy (non-hydrogen) atoms. The quantitative estimate of drug-likeness (QED) is 0.663. The van der Waals surface area contributed by atoms with E-state index in [2.05, 4.69) is 39.2 Å². The van der Waals surface area contributed by atoms with Gasteiger partial charge in [0.1, 0.15) is 5.82 Å². The fraction of sp³-hybridized carbons (Fsp3) is 0.529. The molecule has 0 unspecified atom stereocenters. The van der Waals surface area contributed by atoms with E-state index >= 15 is 0 Å². The fourth-order valence-corrected chi connectivity index (χ4v) is 2.81. The van der Waals surface area contributed by atoms with E-state index in [-0.39, 0.29) is 0 Å². The summed E-state index contributed by atoms with van der Waals surface area (Å²) in [6, 6.07) is 4.66. The lowest BCUT2D eigenvalue weighted by Crippen LogP contribution is -2.35. The molecule has 2 N–H and O–H groups in total. The number of aliphatic imine (C=N–C) groups is 1. The van der Waals surface area contributed by atoms with Crippen LogP contribution >= 0.6 is 0 Å². The lowest BCUT2D eigenvalue weighted by molar-refractivity contribution is 0.0332. The Bertz CT molecular complexity index is 719. The van der Waals surface area contributed by atoms with Crippen LogP contribution in [-0.4, -0.2) is 60.8 Å². The largest absolute Gasteiger partial charge is 0.468 e. The highest BCUT2D eigenvalue weighted by molar-refractivity contribution is 5.93. The maximum atomic E-state index is 5.39. The van der Waals surface area contributed by atoms with Crippen molar-refractivity contribution in [3.63, 3.8) is 0 Å². The Balaban J connectivity index is 1.80. The summed E-state index contributed by atoms with van der Waals surface area (Å²) in [5.41, 5.74) is 4.07. The van der Waals surface area contributed by atoms with Crippen molar-refractivity contribution in [2.45, 2.75) is 20.4 Å². The van der Waals surface area contributed by atoms with Crippen molar-refractivity contribution < 1.29 is 9.47 Å². The van der Waals surface area contributed by atoms with Crippen molar-refractivity contribution in [2.75, 3.05) is 45.3 Å². The lowest BCUT2D eigenvalue weighted by Gasteiger charge is -2.25. The molecule has 0 aliphatic carbocycles. The van der Waals surface area contributed by atoms with Crippen LogP contribution in [0, 0.1) is 6.92 Å². The van der Waals surface area contributed by atoms with Gasteiger partial charge in [-0.05, 0) is 31.5 Å². The van der Waals surface area contributed by atoms with Gasteiger partial charge in [0, 0.05) is 25.3 Å². The highest BCUT2D eigenvalue weighted by atomic mass is 16.5. The summed E-state index contributed by atoms with van der Waals surface area (Å²) in [4.78, 5) is 14.8. The molecule has 0 saturated carbocycles. The van der Waals surface area contributed by atoms with Gasteiger partial charge in [0.2, 0.25) is 0 Å². The number of aromatic nitrogens is 2. The summed E-state index contributed by atoms with van der Waals surface area (Å²) in [6.45, 7) is 9.02. The van der Waals surface area contributed by atoms with Crippen LogP contribution in [0.25, 0.3) is 11.0 Å². The number of rotatable bonds is 4. The number of aryl methyl sites for hydroxylation is 1. The third kappa shape index (κ3) is 3.85. The van der Waals surface area contributed by atoms with Gasteiger partial charge in [-0.3, -0.25) is 4.90 Å². The van der Waals surface area contributed by atoms with E-state index in [4.69, 9.17) is 14.5 Å². The molecule has 1 aromatic heterocycles. The number of fused-ring (bicyclic) bond motifs is 1. The highest BCUT2D eigenvalue weighted by Gasteiger charge is 2.14. The third-order valence-corrected chi connectivity index (χ3v) is 4.09. The minimum absolute atomic E-state index is 0.521. The molecule has 0 bridgehead atoms. The van der Waals surface area contributed by atoms with Crippen LogP contribution < -0.4 is 5.32 Å². The van der Waals surface area contributed by atoms with E-state index < -0.39 is 0 Å². The Morgan fingerprint density at radius 3 is 2.92 bits per heavy atom. The Kier molecular flexibility index (Phi) is 5.32. The molecular weight excluding hydrogens is 306 g/mol. The van der Waals surface area contributed by atoms with Crippen molar-refractivity contribution in [2.24, 2.45) is 4.99 Å². The molecule has 0 amide bonds. The average Bonchev–Trinajstić information content (AvgIpc) is 2.96. The van der Waals surface area contributed by atoms with Gasteiger partial charge in [-0.25, -0.2) is 9.98 Å². The SMILES string of the molecule is CC/N=C(/Nc1cc2[nH]c(CN3CCOCC3)nc2cc1C)OC. The van der Waals surface area contributed by atoms with Crippen molar-refractivity contribution in [3.8, 4) is 0 Å². The summed E-state index contributed by atoms with van der Waals surface area (Å²) < 4.78 is 10.7. The van der Waals surface area contributed by atoms with Gasteiger partial charge in [0.05, 0.1) is 37.9 Å². The average molecular weight is 331 g/mol. The smallest absolute Gasteiger partial charge is 0.288 e. The Morgan fingerprint density at radius 1 is 1.42 bits per heavy atom. The number of H-pyrrole nitrogens is 1. The number of aromatic amines is 1. The van der Waals surface area contributed by atoms with Gasteiger partial charge in [-0.2, -0.15) is 0 Å². The molecule has 7 nitrogen and oxygen atoms in total. The Morgan fingerprint density at radius 2 is 2.21 bits per heavy atom. The van der Waals surface area contributed by atoms with Gasteiger partial charge < -0.3 is 19.8 Å². The number of benzene rings is 1. The molecule has 130 valence electrons. The van der Waals surface area contributed by atoms with Crippen LogP contribution in [0.5, 0.6) is 0 Å². The zero-order valence-electron chi connectivity index (χ0n) is 14.6. The van der Waals surface area contributed by atoms with Crippen molar-refractivity contribution >= 4 is 22.7 Å². The molecule has 2 aromatic rings. The molecule has 0 atom stereocenters. The minimum atomic E-state index is 0.521. The number of nitrogens with zero attached hydrogens (tertiary/aromatic N) is 3. The number of nitrogens with one attached hydrogen (secondary N) is 2. The van der Waals surface area contributed by atoms with Crippen LogP contribution in [0.1, 0.15) is 18.3 Å². The minimum Gasteiger partial charge on any atom is -0.468 e. The van der Waals surface area contributed by atoms with Gasteiger partial charge in [-0.1, -0.05) is 0 Å². The normalized spacial score (nSPS) is 16.5. The van der Waals surface area contributed by atoms with Crippen molar-refractivity contribution in [1.29, 1.82) is 0 Å². The van der Waals surface area contributed by atoms with Crippen LogP contribution in [0.3, 0.4) is 0 Å². The molecule has 1 aliphatic rings. The standard InChI is InChI=1S/C17H25N5O2/c1-4-18-17(23-3)21-13-10-15-14(9-12(13)2)19-16(20-15)11-22-5-7-24-8-6-22/h9-10H,4-8,11H2,1-3H3,(H,18,21)(H,19,20). The summed E-state index contributed by atoms with van der Waals surface area (Å²) >= 11 is 0. The fourth-order valence-electron chi connectivity index (χ4n) is 2.81. The first kappa shape index (κ1) is 16.7. The van der Waals surface area contributed by atoms with E-state index in [1.807, 2.05) is 6.92 Å². The molecule has 1 saturated heterocycles. The predicted octanol–water partition coefficient (Wildman–Crippen LogP) is 2.14. The number of morpholine rings is 1. The molecule has 1 fully saturated rings. The van der Waals surface area contributed by atoms with Gasteiger partial charge in [0.15, 0.2) is 0 Å². The first-order valence-electron chi connectivity index (χ1n) is 8.34. The zero-order valence-corrected chi connectivity index (χ0v) is 14.6. The van der Waals surface area contributed by atoms with Crippen LogP contribution in [0.15, 0.2) is 17.1 Å². The number of imidazole rings is 1. The second-order valence-corrected chi connectivity index (χ2v) is 5.86. The highest BCUT2D eigenvalue weighted by Crippen LogP contribution is 2.23. The van der Waals surface area contributed by atoms with Crippen LogP contribution in [0.4, 0.5) is 5.69 Å². The van der Waals surface area contributed by atoms with Crippen molar-refractivity contribution in [3.05, 3.63) is 23.5 Å². The van der Waals surface area contributed by atoms with Crippen LogP contribution in [0.2, 0.25) is 0 Å². The Labute approximate surface area is 142 Å². The number of ether oxygens (including phenoxy) is 2. The lowest BCUT2D eigenvalue weighted by atomic mass is 10.2. The zero-order chi connectivity index (χ0) is 16.9. The number of anilines is 1. The third-order valence-electron chi connectivity index (χ3n) is 4.09. The monoisotopic (exact) mass is 331 g/mol. The molecule has 7 heteroatoms. The van der Waals surface area contributed by atoms with E-state index in [0.29, 0.717) is 12.6 Å². The maximum Gasteiger partial charge on any atom is 0.288 e. The molecule has 0 radical (unpaired) electrons. The molecule has 1 aromatic carbocycles. The van der Waals surface area contributed by atoms with Crippen molar-refractivity contribution in [1.82, 2.24) is 14.9 Å². The number of methoxy groups -OCH3 is 1. The Hall–Kier alpha value is -2.12. The first-order valence-corrected chi connectivity index (χ1v) is 8.34. The van der Waals surface area contributed by atoms with E-state index in [0.717, 1.165) is 61.0 Å². The predicted molar refractivity (Wildman–Crippen MR) is 95.5 cm³/mol. The number of hydrogen-bond acceptors (Lipinski definition) is 5. The number of hydrogen-bond donors (Lipinski definition) is 2. The van der Waals surface area contributed by atoms with E-state index in [9.17, 15) is 0 Å². The summed E-state index contributed by atoms with van der Waals surface area (Å²) in [5.74, 6) is 0.984. The molecule has 3 rings (SSSR count). The summed E-state index contributed by atoms with van der Waals surface area (Å²) in [6.07, 6.45) is 0. The van der Waals surface area contributed by atoms with E-state index in [1.54, 1.807) is 7.11 Å². The topological polar surface area (TPSA) is 74.8 Å². The molecular formula is C17H25N5O2. The summed E-state index contributed by atoms with van der Waals surface area (Å²) in [7, 11) is 1.62. The van der Waals surface area contributed by atoms with Gasteiger partial charge >= 0.3 is 0 Å². The van der Waals surface area contributed by atoms with Gasteiger partial charge in [0.25, 0.3) is 6.02 Å². The first-order chi connectivity index (χ1) is 11.7. The maximum absolute atomic E-state index is 5.39. The molecule has 1 aliphatic heterocycles. The second kappa shape index (κ2) is 7.63.